The van der Waals surface area contributed by atoms with Crippen LogP contribution in [0.2, 0.25) is 0 Å². The number of ether oxygens (including phenoxy) is 1. The smallest absolute Gasteiger partial charge is 0.203 e. The number of allylic oxidation sites excluding steroid dienone is 2. The number of Topliss-reactive ketones (excluding diaryl/α,β-unsaturated/α-hetero) is 1. The Morgan fingerprint density at radius 2 is 2.13 bits per heavy atom. The van der Waals surface area contributed by atoms with E-state index in [2.05, 4.69) is 6.92 Å². The molecular formula is C13H20O2. The molecule has 2 nitrogen and oxygen atoms in total. The summed E-state index contributed by atoms with van der Waals surface area (Å²) in [7, 11) is 0. The van der Waals surface area contributed by atoms with E-state index in [1.807, 2.05) is 6.08 Å². The van der Waals surface area contributed by atoms with Crippen LogP contribution in [-0.4, -0.2) is 12.4 Å². The fourth-order valence-corrected chi connectivity index (χ4v) is 2.77. The SMILES string of the molecule is CCC1(C(=O)C2=CCCCO2)CCCC1. The highest BCUT2D eigenvalue weighted by atomic mass is 16.5. The van der Waals surface area contributed by atoms with Gasteiger partial charge in [-0.3, -0.25) is 4.79 Å². The van der Waals surface area contributed by atoms with E-state index in [9.17, 15) is 4.79 Å². The standard InChI is InChI=1S/C13H20O2/c1-2-13(8-4-5-9-13)12(14)11-7-3-6-10-15-11/h7H,2-6,8-10H2,1H3. The Balaban J connectivity index is 2.14. The Morgan fingerprint density at radius 1 is 1.40 bits per heavy atom. The van der Waals surface area contributed by atoms with Crippen LogP contribution in [0.5, 0.6) is 0 Å². The van der Waals surface area contributed by atoms with E-state index in [-0.39, 0.29) is 11.2 Å². The summed E-state index contributed by atoms with van der Waals surface area (Å²) in [5.41, 5.74) is -0.0802. The lowest BCUT2D eigenvalue weighted by Crippen LogP contribution is -2.30. The van der Waals surface area contributed by atoms with Crippen molar-refractivity contribution >= 4 is 5.78 Å². The van der Waals surface area contributed by atoms with Crippen LogP contribution in [0, 0.1) is 5.41 Å². The predicted molar refractivity (Wildman–Crippen MR) is 59.5 cm³/mol. The van der Waals surface area contributed by atoms with Crippen LogP contribution >= 0.6 is 0 Å². The van der Waals surface area contributed by atoms with Gasteiger partial charge in [0, 0.05) is 5.41 Å². The molecule has 1 heterocycles. The van der Waals surface area contributed by atoms with Crippen LogP contribution in [0.15, 0.2) is 11.8 Å². The monoisotopic (exact) mass is 208 g/mol. The molecule has 2 rings (SSSR count). The summed E-state index contributed by atoms with van der Waals surface area (Å²) >= 11 is 0. The van der Waals surface area contributed by atoms with Crippen molar-refractivity contribution in [3.63, 3.8) is 0 Å². The number of carbonyl (C=O) groups excluding carboxylic acids is 1. The fourth-order valence-electron chi connectivity index (χ4n) is 2.77. The summed E-state index contributed by atoms with van der Waals surface area (Å²) in [6.45, 7) is 2.85. The molecule has 0 atom stereocenters. The Kier molecular flexibility index (Phi) is 3.13. The van der Waals surface area contributed by atoms with Gasteiger partial charge in [-0.25, -0.2) is 0 Å². The quantitative estimate of drug-likeness (QED) is 0.711. The van der Waals surface area contributed by atoms with E-state index < -0.39 is 0 Å². The molecule has 0 N–H and O–H groups in total. The average Bonchev–Trinajstić information content (AvgIpc) is 2.79. The molecule has 15 heavy (non-hydrogen) atoms. The maximum absolute atomic E-state index is 12.4. The second-order valence-electron chi connectivity index (χ2n) is 4.73. The summed E-state index contributed by atoms with van der Waals surface area (Å²) in [5, 5.41) is 0. The Hall–Kier alpha value is -0.790. The average molecular weight is 208 g/mol. The molecule has 1 aliphatic heterocycles. The third-order valence-corrected chi connectivity index (χ3v) is 3.88. The summed E-state index contributed by atoms with van der Waals surface area (Å²) < 4.78 is 5.49. The first kappa shape index (κ1) is 10.7. The molecule has 1 fully saturated rings. The van der Waals surface area contributed by atoms with Gasteiger partial charge in [-0.2, -0.15) is 0 Å². The van der Waals surface area contributed by atoms with Crippen LogP contribution in [-0.2, 0) is 9.53 Å². The maximum atomic E-state index is 12.4. The van der Waals surface area contributed by atoms with Crippen molar-refractivity contribution in [2.24, 2.45) is 5.41 Å². The first-order chi connectivity index (χ1) is 7.28. The van der Waals surface area contributed by atoms with Gasteiger partial charge in [0.15, 0.2) is 5.76 Å². The van der Waals surface area contributed by atoms with Crippen molar-refractivity contribution in [2.75, 3.05) is 6.61 Å². The van der Waals surface area contributed by atoms with Gasteiger partial charge in [0.25, 0.3) is 0 Å². The van der Waals surface area contributed by atoms with Gasteiger partial charge in [-0.05, 0) is 38.2 Å². The molecule has 0 spiro atoms. The van der Waals surface area contributed by atoms with Crippen LogP contribution in [0.4, 0.5) is 0 Å². The van der Waals surface area contributed by atoms with Gasteiger partial charge in [0.1, 0.15) is 0 Å². The predicted octanol–water partition coefficient (Wildman–Crippen LogP) is 3.22. The minimum Gasteiger partial charge on any atom is -0.490 e. The van der Waals surface area contributed by atoms with Crippen molar-refractivity contribution < 1.29 is 9.53 Å². The summed E-state index contributed by atoms with van der Waals surface area (Å²) in [6, 6.07) is 0. The number of carbonyl (C=O) groups is 1. The lowest BCUT2D eigenvalue weighted by molar-refractivity contribution is -0.128. The van der Waals surface area contributed by atoms with E-state index in [1.54, 1.807) is 0 Å². The van der Waals surface area contributed by atoms with Crippen molar-refractivity contribution in [1.29, 1.82) is 0 Å². The first-order valence-corrected chi connectivity index (χ1v) is 6.16. The summed E-state index contributed by atoms with van der Waals surface area (Å²) in [6.07, 6.45) is 9.52. The lowest BCUT2D eigenvalue weighted by atomic mass is 9.78. The highest BCUT2D eigenvalue weighted by molar-refractivity contribution is 5.98. The molecule has 0 radical (unpaired) electrons. The molecule has 0 unspecified atom stereocenters. The van der Waals surface area contributed by atoms with Gasteiger partial charge >= 0.3 is 0 Å². The lowest BCUT2D eigenvalue weighted by Gasteiger charge is -2.27. The summed E-state index contributed by atoms with van der Waals surface area (Å²) in [5.74, 6) is 0.937. The van der Waals surface area contributed by atoms with E-state index in [1.165, 1.54) is 12.8 Å². The van der Waals surface area contributed by atoms with Crippen LogP contribution in [0.25, 0.3) is 0 Å². The molecule has 1 aliphatic carbocycles. The third-order valence-electron chi connectivity index (χ3n) is 3.88. The van der Waals surface area contributed by atoms with Gasteiger partial charge in [-0.1, -0.05) is 19.8 Å². The molecule has 0 bridgehead atoms. The molecule has 0 aromatic carbocycles. The first-order valence-electron chi connectivity index (χ1n) is 6.16. The minimum absolute atomic E-state index is 0.0802. The molecular weight excluding hydrogens is 188 g/mol. The third kappa shape index (κ3) is 1.95. The Morgan fingerprint density at radius 3 is 2.67 bits per heavy atom. The number of rotatable bonds is 3. The Labute approximate surface area is 91.7 Å². The van der Waals surface area contributed by atoms with Gasteiger partial charge in [-0.15, -0.1) is 0 Å². The van der Waals surface area contributed by atoms with Crippen molar-refractivity contribution in [2.45, 2.75) is 51.9 Å². The number of hydrogen-bond acceptors (Lipinski definition) is 2. The molecule has 84 valence electrons. The largest absolute Gasteiger partial charge is 0.490 e. The molecule has 0 amide bonds. The van der Waals surface area contributed by atoms with E-state index in [0.717, 1.165) is 38.7 Å². The molecule has 0 saturated heterocycles. The van der Waals surface area contributed by atoms with Crippen LogP contribution in [0.3, 0.4) is 0 Å². The van der Waals surface area contributed by atoms with Crippen LogP contribution < -0.4 is 0 Å². The zero-order chi connectivity index (χ0) is 10.7. The molecule has 0 aromatic rings. The molecule has 2 aliphatic rings. The normalized spacial score (nSPS) is 24.5. The zero-order valence-corrected chi connectivity index (χ0v) is 9.55. The van der Waals surface area contributed by atoms with Gasteiger partial charge < -0.3 is 4.74 Å². The fraction of sp³-hybridized carbons (Fsp3) is 0.769. The second kappa shape index (κ2) is 4.38. The maximum Gasteiger partial charge on any atom is 0.203 e. The molecule has 0 aromatic heterocycles. The van der Waals surface area contributed by atoms with E-state index >= 15 is 0 Å². The summed E-state index contributed by atoms with van der Waals surface area (Å²) in [4.78, 5) is 12.4. The zero-order valence-electron chi connectivity index (χ0n) is 9.55. The topological polar surface area (TPSA) is 26.3 Å². The minimum atomic E-state index is -0.0802. The van der Waals surface area contributed by atoms with Crippen LogP contribution in [0.1, 0.15) is 51.9 Å². The second-order valence-corrected chi connectivity index (χ2v) is 4.73. The Bertz CT molecular complexity index is 272. The highest BCUT2D eigenvalue weighted by Gasteiger charge is 2.41. The van der Waals surface area contributed by atoms with Crippen molar-refractivity contribution in [1.82, 2.24) is 0 Å². The van der Waals surface area contributed by atoms with Crippen molar-refractivity contribution in [3.05, 3.63) is 11.8 Å². The van der Waals surface area contributed by atoms with Crippen molar-refractivity contribution in [3.8, 4) is 0 Å². The molecule has 1 saturated carbocycles. The number of hydrogen-bond donors (Lipinski definition) is 0. The number of ketones is 1. The van der Waals surface area contributed by atoms with Gasteiger partial charge in [0.05, 0.1) is 6.61 Å². The van der Waals surface area contributed by atoms with Gasteiger partial charge in [0.2, 0.25) is 5.78 Å². The van der Waals surface area contributed by atoms with E-state index in [4.69, 9.17) is 4.74 Å². The molecule has 2 heteroatoms. The highest BCUT2D eigenvalue weighted by Crippen LogP contribution is 2.43. The van der Waals surface area contributed by atoms with E-state index in [0.29, 0.717) is 5.76 Å².